The summed E-state index contributed by atoms with van der Waals surface area (Å²) < 4.78 is 24.2. The van der Waals surface area contributed by atoms with Crippen molar-refractivity contribution >= 4 is 50.6 Å². The van der Waals surface area contributed by atoms with Crippen LogP contribution in [0.4, 0.5) is 5.69 Å². The topological polar surface area (TPSA) is 125 Å². The van der Waals surface area contributed by atoms with Gasteiger partial charge in [0.15, 0.2) is 0 Å². The maximum atomic E-state index is 12.1. The highest BCUT2D eigenvalue weighted by Gasteiger charge is 2.38. The fraction of sp³-hybridized carbons (Fsp3) is 0.429. The molecule has 0 radical (unpaired) electrons. The summed E-state index contributed by atoms with van der Waals surface area (Å²) in [5.74, 6) is 0.309. The van der Waals surface area contributed by atoms with E-state index in [0.717, 1.165) is 46.6 Å². The lowest BCUT2D eigenvalue weighted by Crippen LogP contribution is -2.32. The number of thioether (sulfide) groups is 1. The van der Waals surface area contributed by atoms with E-state index in [2.05, 4.69) is 10.0 Å². The first-order chi connectivity index (χ1) is 15.2. The van der Waals surface area contributed by atoms with Crippen molar-refractivity contribution in [3.05, 3.63) is 41.3 Å². The van der Waals surface area contributed by atoms with E-state index >= 15 is 0 Å². The minimum atomic E-state index is -3.33. The molecule has 0 bridgehead atoms. The molecule has 1 aliphatic rings. The SMILES string of the molecule is CS(=O)(=O)NCCC(=O)Nc1cccc(-c2ccc([C@@]3(CC(=O)NO)CCCCS3)s2)c1. The maximum Gasteiger partial charge on any atom is 0.245 e. The summed E-state index contributed by atoms with van der Waals surface area (Å²) in [6.07, 6.45) is 4.35. The molecule has 174 valence electrons. The summed E-state index contributed by atoms with van der Waals surface area (Å²) in [6, 6.07) is 11.5. The molecular weight excluding hydrogens is 470 g/mol. The molecular formula is C21H27N3O5S3. The van der Waals surface area contributed by atoms with E-state index in [4.69, 9.17) is 5.21 Å². The van der Waals surface area contributed by atoms with Crippen LogP contribution in [0.25, 0.3) is 10.4 Å². The fourth-order valence-corrected chi connectivity index (χ4v) is 6.99. The van der Waals surface area contributed by atoms with Gasteiger partial charge in [-0.2, -0.15) is 0 Å². The Kier molecular flexibility index (Phi) is 8.34. The number of rotatable bonds is 9. The van der Waals surface area contributed by atoms with Crippen LogP contribution in [0.2, 0.25) is 0 Å². The monoisotopic (exact) mass is 497 g/mol. The summed E-state index contributed by atoms with van der Waals surface area (Å²) >= 11 is 3.39. The van der Waals surface area contributed by atoms with Crippen molar-refractivity contribution < 1.29 is 23.2 Å². The van der Waals surface area contributed by atoms with Crippen molar-refractivity contribution in [2.24, 2.45) is 0 Å². The van der Waals surface area contributed by atoms with Gasteiger partial charge in [-0.15, -0.1) is 23.1 Å². The number of hydroxylamine groups is 1. The Morgan fingerprint density at radius 2 is 1.97 bits per heavy atom. The number of benzene rings is 1. The lowest BCUT2D eigenvalue weighted by Gasteiger charge is -2.35. The minimum absolute atomic E-state index is 0.0348. The second-order valence-corrected chi connectivity index (χ2v) is 12.1. The van der Waals surface area contributed by atoms with Crippen LogP contribution in [-0.4, -0.2) is 44.0 Å². The first-order valence-electron chi connectivity index (χ1n) is 10.2. The van der Waals surface area contributed by atoms with Gasteiger partial charge in [-0.3, -0.25) is 14.8 Å². The number of amides is 2. The third-order valence-corrected chi connectivity index (χ3v) is 8.94. The number of sulfonamides is 1. The number of thiophene rings is 1. The van der Waals surface area contributed by atoms with Crippen molar-refractivity contribution in [2.75, 3.05) is 23.9 Å². The summed E-state index contributed by atoms with van der Waals surface area (Å²) in [5, 5.41) is 11.8. The standard InChI is InChI=1S/C21H27N3O5S3/c1-32(28,29)22-11-9-19(25)23-16-6-4-5-15(13-16)17-7-8-18(31-17)21(14-20(26)24-27)10-2-3-12-30-21/h4-8,13,22,27H,2-3,9-12,14H2,1H3,(H,23,25)(H,24,26)/t21-/m0/s1. The lowest BCUT2D eigenvalue weighted by atomic mass is 9.94. The third-order valence-electron chi connectivity index (χ3n) is 5.13. The molecule has 32 heavy (non-hydrogen) atoms. The largest absolute Gasteiger partial charge is 0.326 e. The molecule has 2 heterocycles. The van der Waals surface area contributed by atoms with Gasteiger partial charge in [0.25, 0.3) is 0 Å². The van der Waals surface area contributed by atoms with Crippen LogP contribution in [-0.2, 0) is 24.4 Å². The van der Waals surface area contributed by atoms with Crippen LogP contribution in [0, 0.1) is 0 Å². The second kappa shape index (κ2) is 10.8. The molecule has 1 aromatic heterocycles. The number of nitrogens with one attached hydrogen (secondary N) is 3. The Morgan fingerprint density at radius 3 is 2.66 bits per heavy atom. The molecule has 1 saturated heterocycles. The quantitative estimate of drug-likeness (QED) is 0.311. The van der Waals surface area contributed by atoms with Gasteiger partial charge in [0, 0.05) is 34.8 Å². The molecule has 1 fully saturated rings. The summed E-state index contributed by atoms with van der Waals surface area (Å²) in [5.41, 5.74) is 3.34. The Labute approximate surface area is 196 Å². The molecule has 2 aromatic rings. The number of hydrogen-bond donors (Lipinski definition) is 4. The zero-order chi connectivity index (χ0) is 23.2. The molecule has 11 heteroatoms. The first-order valence-corrected chi connectivity index (χ1v) is 13.9. The Morgan fingerprint density at radius 1 is 1.16 bits per heavy atom. The molecule has 1 aromatic carbocycles. The molecule has 8 nitrogen and oxygen atoms in total. The predicted octanol–water partition coefficient (Wildman–Crippen LogP) is 3.30. The average Bonchev–Trinajstić information content (AvgIpc) is 3.25. The molecule has 1 aliphatic heterocycles. The van der Waals surface area contributed by atoms with E-state index in [0.29, 0.717) is 5.69 Å². The van der Waals surface area contributed by atoms with Crippen molar-refractivity contribution in [1.29, 1.82) is 0 Å². The Bertz CT molecular complexity index is 1060. The summed E-state index contributed by atoms with van der Waals surface area (Å²) in [4.78, 5) is 26.2. The van der Waals surface area contributed by atoms with Crippen molar-refractivity contribution in [1.82, 2.24) is 10.2 Å². The van der Waals surface area contributed by atoms with E-state index in [-0.39, 0.29) is 35.9 Å². The molecule has 4 N–H and O–H groups in total. The molecule has 0 spiro atoms. The van der Waals surface area contributed by atoms with E-state index in [1.54, 1.807) is 34.6 Å². The summed E-state index contributed by atoms with van der Waals surface area (Å²) in [6.45, 7) is 0.0415. The van der Waals surface area contributed by atoms with E-state index in [1.807, 2.05) is 30.3 Å². The zero-order valence-electron chi connectivity index (χ0n) is 17.7. The van der Waals surface area contributed by atoms with Crippen LogP contribution >= 0.6 is 23.1 Å². The highest BCUT2D eigenvalue weighted by molar-refractivity contribution is 8.00. The Balaban J connectivity index is 1.73. The molecule has 0 unspecified atom stereocenters. The van der Waals surface area contributed by atoms with Crippen LogP contribution in [0.5, 0.6) is 0 Å². The number of hydrogen-bond acceptors (Lipinski definition) is 7. The minimum Gasteiger partial charge on any atom is -0.326 e. The molecule has 0 aliphatic carbocycles. The Hall–Kier alpha value is -1.92. The number of anilines is 1. The molecule has 3 rings (SSSR count). The van der Waals surface area contributed by atoms with Gasteiger partial charge in [0.1, 0.15) is 0 Å². The molecule has 2 amide bonds. The van der Waals surface area contributed by atoms with Crippen molar-refractivity contribution in [2.45, 2.75) is 36.9 Å². The normalized spacial score (nSPS) is 18.8. The smallest absolute Gasteiger partial charge is 0.245 e. The third kappa shape index (κ3) is 6.79. The summed E-state index contributed by atoms with van der Waals surface area (Å²) in [7, 11) is -3.33. The fourth-order valence-electron chi connectivity index (χ4n) is 3.63. The van der Waals surface area contributed by atoms with E-state index in [1.165, 1.54) is 0 Å². The van der Waals surface area contributed by atoms with Crippen molar-refractivity contribution in [3.63, 3.8) is 0 Å². The highest BCUT2D eigenvalue weighted by Crippen LogP contribution is 2.50. The van der Waals surface area contributed by atoms with Gasteiger partial charge in [0.2, 0.25) is 21.8 Å². The highest BCUT2D eigenvalue weighted by atomic mass is 32.2. The van der Waals surface area contributed by atoms with Crippen LogP contribution < -0.4 is 15.5 Å². The van der Waals surface area contributed by atoms with E-state index in [9.17, 15) is 18.0 Å². The van der Waals surface area contributed by atoms with E-state index < -0.39 is 10.0 Å². The predicted molar refractivity (Wildman–Crippen MR) is 128 cm³/mol. The van der Waals surface area contributed by atoms with Crippen molar-refractivity contribution in [3.8, 4) is 10.4 Å². The van der Waals surface area contributed by atoms with Crippen LogP contribution in [0.1, 0.15) is 37.0 Å². The average molecular weight is 498 g/mol. The number of carbonyl (C=O) groups excluding carboxylic acids is 2. The van der Waals surface area contributed by atoms with Gasteiger partial charge in [-0.05, 0) is 48.4 Å². The second-order valence-electron chi connectivity index (χ2n) is 7.72. The first kappa shape index (κ1) is 24.7. The van der Waals surface area contributed by atoms with Gasteiger partial charge >= 0.3 is 0 Å². The van der Waals surface area contributed by atoms with Crippen LogP contribution in [0.15, 0.2) is 36.4 Å². The molecule has 1 atom stereocenters. The zero-order valence-corrected chi connectivity index (χ0v) is 20.2. The van der Waals surface area contributed by atoms with Gasteiger partial charge in [0.05, 0.1) is 11.0 Å². The lowest BCUT2D eigenvalue weighted by molar-refractivity contribution is -0.129. The van der Waals surface area contributed by atoms with Crippen LogP contribution in [0.3, 0.4) is 0 Å². The maximum absolute atomic E-state index is 12.1. The number of carbonyl (C=O) groups is 2. The van der Waals surface area contributed by atoms with Gasteiger partial charge < -0.3 is 5.32 Å². The molecule has 0 saturated carbocycles. The van der Waals surface area contributed by atoms with Gasteiger partial charge in [-0.1, -0.05) is 18.6 Å². The van der Waals surface area contributed by atoms with Gasteiger partial charge in [-0.25, -0.2) is 18.6 Å².